The molecule has 1 atom stereocenters. The Morgan fingerprint density at radius 3 is 2.11 bits per heavy atom. The third-order valence-corrected chi connectivity index (χ3v) is 5.63. The van der Waals surface area contributed by atoms with Crippen molar-refractivity contribution < 1.29 is 19.1 Å². The summed E-state index contributed by atoms with van der Waals surface area (Å²) in [6.07, 6.45) is 0.897. The number of hydrogen-bond donors (Lipinski definition) is 2. The van der Waals surface area contributed by atoms with Gasteiger partial charge < -0.3 is 20.3 Å². The first-order valence-electron chi connectivity index (χ1n) is 12.1. The number of carbonyl (C=O) groups excluding carboxylic acids is 3. The molecule has 0 bridgehead atoms. The van der Waals surface area contributed by atoms with Gasteiger partial charge in [-0.05, 0) is 76.3 Å². The molecular formula is C28H39N3O4. The average molecular weight is 482 g/mol. The number of nitrogens with one attached hydrogen (secondary N) is 2. The summed E-state index contributed by atoms with van der Waals surface area (Å²) in [5, 5.41) is 5.57. The lowest BCUT2D eigenvalue weighted by Crippen LogP contribution is -2.47. The number of amides is 3. The van der Waals surface area contributed by atoms with Gasteiger partial charge in [0.25, 0.3) is 5.91 Å². The Balaban J connectivity index is 2.43. The molecule has 0 fully saturated rings. The van der Waals surface area contributed by atoms with E-state index in [0.717, 1.165) is 35.1 Å². The second kappa shape index (κ2) is 12.4. The molecule has 0 aliphatic heterocycles. The number of para-hydroxylation sites is 1. The predicted molar refractivity (Wildman–Crippen MR) is 139 cm³/mol. The molecule has 35 heavy (non-hydrogen) atoms. The van der Waals surface area contributed by atoms with E-state index < -0.39 is 17.7 Å². The quantitative estimate of drug-likeness (QED) is 0.499. The van der Waals surface area contributed by atoms with Gasteiger partial charge in [-0.2, -0.15) is 0 Å². The Morgan fingerprint density at radius 2 is 1.54 bits per heavy atom. The SMILES string of the molecule is CCCCN(C(=O)CNC(=O)OC(C)(C)C)C(C(=O)Nc1ccccc1C)c1c(C)cccc1C. The van der Waals surface area contributed by atoms with E-state index in [9.17, 15) is 14.4 Å². The average Bonchev–Trinajstić information content (AvgIpc) is 2.76. The second-order valence-electron chi connectivity index (χ2n) is 9.81. The van der Waals surface area contributed by atoms with E-state index in [2.05, 4.69) is 10.6 Å². The zero-order valence-electron chi connectivity index (χ0n) is 22.0. The molecule has 0 spiro atoms. The highest BCUT2D eigenvalue weighted by molar-refractivity contribution is 5.99. The van der Waals surface area contributed by atoms with E-state index in [-0.39, 0.29) is 18.4 Å². The van der Waals surface area contributed by atoms with Gasteiger partial charge in [0.2, 0.25) is 5.91 Å². The van der Waals surface area contributed by atoms with Crippen LogP contribution < -0.4 is 10.6 Å². The number of carbonyl (C=O) groups is 3. The fourth-order valence-electron chi connectivity index (χ4n) is 3.89. The van der Waals surface area contributed by atoms with Crippen LogP contribution in [0.15, 0.2) is 42.5 Å². The predicted octanol–water partition coefficient (Wildman–Crippen LogP) is 5.45. The normalized spacial score (nSPS) is 12.0. The molecule has 7 nitrogen and oxygen atoms in total. The summed E-state index contributed by atoms with van der Waals surface area (Å²) in [6.45, 7) is 13.2. The molecule has 2 rings (SSSR count). The fraction of sp³-hybridized carbons (Fsp3) is 0.464. The molecule has 0 heterocycles. The van der Waals surface area contributed by atoms with Crippen LogP contribution in [-0.4, -0.2) is 41.5 Å². The van der Waals surface area contributed by atoms with Gasteiger partial charge >= 0.3 is 6.09 Å². The molecule has 2 aromatic carbocycles. The molecule has 190 valence electrons. The Morgan fingerprint density at radius 1 is 0.943 bits per heavy atom. The molecule has 7 heteroatoms. The number of rotatable bonds is 9. The maximum Gasteiger partial charge on any atom is 0.408 e. The van der Waals surface area contributed by atoms with Crippen molar-refractivity contribution in [3.63, 3.8) is 0 Å². The van der Waals surface area contributed by atoms with E-state index in [1.807, 2.05) is 70.2 Å². The number of benzene rings is 2. The summed E-state index contributed by atoms with van der Waals surface area (Å²) < 4.78 is 5.27. The van der Waals surface area contributed by atoms with Crippen molar-refractivity contribution in [2.75, 3.05) is 18.4 Å². The first-order valence-corrected chi connectivity index (χ1v) is 12.1. The lowest BCUT2D eigenvalue weighted by molar-refractivity contribution is -0.138. The third kappa shape index (κ3) is 8.12. The van der Waals surface area contributed by atoms with Gasteiger partial charge in [-0.25, -0.2) is 4.79 Å². The van der Waals surface area contributed by atoms with Gasteiger partial charge in [0.05, 0.1) is 0 Å². The van der Waals surface area contributed by atoms with Gasteiger partial charge in [0.1, 0.15) is 18.2 Å². The maximum atomic E-state index is 13.8. The lowest BCUT2D eigenvalue weighted by Gasteiger charge is -2.33. The zero-order valence-corrected chi connectivity index (χ0v) is 22.0. The molecule has 0 aliphatic rings. The van der Waals surface area contributed by atoms with Gasteiger partial charge in [-0.1, -0.05) is 49.7 Å². The number of ether oxygens (including phenoxy) is 1. The summed E-state index contributed by atoms with van der Waals surface area (Å²) >= 11 is 0. The van der Waals surface area contributed by atoms with Crippen LogP contribution in [0.1, 0.15) is 68.8 Å². The van der Waals surface area contributed by atoms with Gasteiger partial charge in [-0.15, -0.1) is 0 Å². The summed E-state index contributed by atoms with van der Waals surface area (Å²) in [6, 6.07) is 12.5. The lowest BCUT2D eigenvalue weighted by atomic mass is 9.93. The van der Waals surface area contributed by atoms with Gasteiger partial charge in [-0.3, -0.25) is 9.59 Å². The minimum atomic E-state index is -0.852. The summed E-state index contributed by atoms with van der Waals surface area (Å²) in [5.74, 6) is -0.643. The molecule has 0 saturated carbocycles. The van der Waals surface area contributed by atoms with Crippen molar-refractivity contribution in [3.05, 3.63) is 64.7 Å². The molecule has 2 aromatic rings. The van der Waals surface area contributed by atoms with Crippen molar-refractivity contribution in [3.8, 4) is 0 Å². The van der Waals surface area contributed by atoms with E-state index in [0.29, 0.717) is 12.2 Å². The minimum Gasteiger partial charge on any atom is -0.444 e. The second-order valence-corrected chi connectivity index (χ2v) is 9.81. The Hall–Kier alpha value is -3.35. The molecule has 0 aromatic heterocycles. The molecular weight excluding hydrogens is 442 g/mol. The standard InChI is InChI=1S/C28H39N3O4/c1-8-9-17-31(23(32)18-29-27(34)35-28(5,6)7)25(24-20(3)14-12-15-21(24)4)26(33)30-22-16-11-10-13-19(22)2/h10-16,25H,8-9,17-18H2,1-7H3,(H,29,34)(H,30,33). The van der Waals surface area contributed by atoms with Gasteiger partial charge in [0.15, 0.2) is 0 Å². The van der Waals surface area contributed by atoms with Crippen LogP contribution in [0, 0.1) is 20.8 Å². The van der Waals surface area contributed by atoms with Crippen LogP contribution in [0.25, 0.3) is 0 Å². The van der Waals surface area contributed by atoms with Crippen LogP contribution in [0.5, 0.6) is 0 Å². The van der Waals surface area contributed by atoms with E-state index in [1.54, 1.807) is 25.7 Å². The Bertz CT molecular complexity index is 1020. The molecule has 0 aliphatic carbocycles. The van der Waals surface area contributed by atoms with Crippen LogP contribution in [0.2, 0.25) is 0 Å². The molecule has 3 amide bonds. The minimum absolute atomic E-state index is 0.266. The van der Waals surface area contributed by atoms with Crippen LogP contribution >= 0.6 is 0 Å². The highest BCUT2D eigenvalue weighted by atomic mass is 16.6. The molecule has 0 radical (unpaired) electrons. The Labute approximate surface area is 209 Å². The number of anilines is 1. The summed E-state index contributed by atoms with van der Waals surface area (Å²) in [7, 11) is 0. The highest BCUT2D eigenvalue weighted by Crippen LogP contribution is 2.30. The van der Waals surface area contributed by atoms with Crippen molar-refractivity contribution in [1.29, 1.82) is 0 Å². The topological polar surface area (TPSA) is 87.7 Å². The monoisotopic (exact) mass is 481 g/mol. The van der Waals surface area contributed by atoms with Crippen LogP contribution in [0.4, 0.5) is 10.5 Å². The van der Waals surface area contributed by atoms with Crippen molar-refractivity contribution in [2.45, 2.75) is 73.0 Å². The van der Waals surface area contributed by atoms with Crippen molar-refractivity contribution in [2.24, 2.45) is 0 Å². The first-order chi connectivity index (χ1) is 16.4. The number of hydrogen-bond acceptors (Lipinski definition) is 4. The largest absolute Gasteiger partial charge is 0.444 e. The summed E-state index contributed by atoms with van der Waals surface area (Å²) in [5.41, 5.74) is 3.58. The Kier molecular flexibility index (Phi) is 9.87. The van der Waals surface area contributed by atoms with Crippen molar-refractivity contribution in [1.82, 2.24) is 10.2 Å². The van der Waals surface area contributed by atoms with Crippen LogP contribution in [0.3, 0.4) is 0 Å². The number of nitrogens with zero attached hydrogens (tertiary/aromatic N) is 1. The number of unbranched alkanes of at least 4 members (excludes halogenated alkanes) is 1. The van der Waals surface area contributed by atoms with Gasteiger partial charge in [0, 0.05) is 12.2 Å². The van der Waals surface area contributed by atoms with Crippen molar-refractivity contribution >= 4 is 23.6 Å². The molecule has 2 N–H and O–H groups in total. The van der Waals surface area contributed by atoms with E-state index >= 15 is 0 Å². The first kappa shape index (κ1) is 27.9. The molecule has 1 unspecified atom stereocenters. The van der Waals surface area contributed by atoms with Crippen LogP contribution in [-0.2, 0) is 14.3 Å². The fourth-order valence-corrected chi connectivity index (χ4v) is 3.89. The number of alkyl carbamates (subject to hydrolysis) is 1. The highest BCUT2D eigenvalue weighted by Gasteiger charge is 2.33. The maximum absolute atomic E-state index is 13.8. The van der Waals surface area contributed by atoms with E-state index in [4.69, 9.17) is 4.74 Å². The smallest absolute Gasteiger partial charge is 0.408 e. The third-order valence-electron chi connectivity index (χ3n) is 5.63. The number of aryl methyl sites for hydroxylation is 3. The summed E-state index contributed by atoms with van der Waals surface area (Å²) in [4.78, 5) is 41.0. The molecule has 0 saturated heterocycles. The van der Waals surface area contributed by atoms with E-state index in [1.165, 1.54) is 0 Å². The zero-order chi connectivity index (χ0) is 26.2.